The van der Waals surface area contributed by atoms with E-state index in [9.17, 15) is 14.5 Å². The van der Waals surface area contributed by atoms with E-state index >= 15 is 0 Å². The highest BCUT2D eigenvalue weighted by Gasteiger charge is 2.15. The molecule has 6 heteroatoms. The molecule has 1 aromatic rings. The van der Waals surface area contributed by atoms with Gasteiger partial charge in [-0.2, -0.15) is 0 Å². The molecule has 0 saturated heterocycles. The SMILES string of the molecule is O=[N+]([O-])c1cc(CO)ccc1OCCCF. The Labute approximate surface area is 91.6 Å². The van der Waals surface area contributed by atoms with Crippen LogP contribution in [0.1, 0.15) is 12.0 Å². The van der Waals surface area contributed by atoms with Crippen molar-refractivity contribution in [1.29, 1.82) is 0 Å². The number of ether oxygens (including phenoxy) is 1. The van der Waals surface area contributed by atoms with Crippen LogP contribution in [0.15, 0.2) is 18.2 Å². The van der Waals surface area contributed by atoms with Gasteiger partial charge in [-0.15, -0.1) is 0 Å². The van der Waals surface area contributed by atoms with Gasteiger partial charge in [-0.05, 0) is 11.6 Å². The number of halogens is 1. The summed E-state index contributed by atoms with van der Waals surface area (Å²) in [6.07, 6.45) is 0.193. The average Bonchev–Trinajstić information content (AvgIpc) is 2.29. The molecule has 0 radical (unpaired) electrons. The highest BCUT2D eigenvalue weighted by molar-refractivity contribution is 5.48. The molecule has 0 atom stereocenters. The van der Waals surface area contributed by atoms with Gasteiger partial charge in [0.05, 0.1) is 24.8 Å². The number of hydrogen-bond donors (Lipinski definition) is 1. The topological polar surface area (TPSA) is 72.6 Å². The summed E-state index contributed by atoms with van der Waals surface area (Å²) in [6, 6.07) is 4.17. The van der Waals surface area contributed by atoms with Crippen molar-refractivity contribution in [3.63, 3.8) is 0 Å². The number of nitrogens with zero attached hydrogens (tertiary/aromatic N) is 1. The van der Waals surface area contributed by atoms with Crippen LogP contribution in [0, 0.1) is 10.1 Å². The van der Waals surface area contributed by atoms with Gasteiger partial charge in [0.2, 0.25) is 0 Å². The number of aliphatic hydroxyl groups excluding tert-OH is 1. The third kappa shape index (κ3) is 3.16. The van der Waals surface area contributed by atoms with E-state index in [1.807, 2.05) is 0 Å². The Morgan fingerprint density at radius 1 is 1.50 bits per heavy atom. The molecule has 1 N–H and O–H groups in total. The summed E-state index contributed by atoms with van der Waals surface area (Å²) in [5.41, 5.74) is 0.218. The summed E-state index contributed by atoms with van der Waals surface area (Å²) in [7, 11) is 0. The van der Waals surface area contributed by atoms with Crippen molar-refractivity contribution in [2.24, 2.45) is 0 Å². The molecule has 0 aliphatic carbocycles. The second kappa shape index (κ2) is 6.02. The minimum atomic E-state index is -0.593. The Balaban J connectivity index is 2.85. The van der Waals surface area contributed by atoms with Gasteiger partial charge >= 0.3 is 5.69 Å². The largest absolute Gasteiger partial charge is 0.487 e. The third-order valence-electron chi connectivity index (χ3n) is 1.94. The van der Waals surface area contributed by atoms with E-state index in [0.717, 1.165) is 0 Å². The Bertz CT molecular complexity index is 370. The van der Waals surface area contributed by atoms with Crippen molar-refractivity contribution in [3.05, 3.63) is 33.9 Å². The molecular formula is C10H12FNO4. The lowest BCUT2D eigenvalue weighted by atomic mass is 10.2. The Kier molecular flexibility index (Phi) is 4.65. The molecular weight excluding hydrogens is 217 g/mol. The van der Waals surface area contributed by atoms with E-state index in [1.165, 1.54) is 18.2 Å². The van der Waals surface area contributed by atoms with Crippen LogP contribution in [0.25, 0.3) is 0 Å². The monoisotopic (exact) mass is 229 g/mol. The fourth-order valence-corrected chi connectivity index (χ4v) is 1.16. The maximum Gasteiger partial charge on any atom is 0.311 e. The number of benzene rings is 1. The van der Waals surface area contributed by atoms with Crippen LogP contribution in [0.2, 0.25) is 0 Å². The van der Waals surface area contributed by atoms with Gasteiger partial charge < -0.3 is 9.84 Å². The molecule has 88 valence electrons. The summed E-state index contributed by atoms with van der Waals surface area (Å²) in [6.45, 7) is -0.704. The summed E-state index contributed by atoms with van der Waals surface area (Å²) < 4.78 is 16.9. The van der Waals surface area contributed by atoms with Crippen LogP contribution in [-0.2, 0) is 6.61 Å². The van der Waals surface area contributed by atoms with Gasteiger partial charge in [0.25, 0.3) is 0 Å². The zero-order valence-electron chi connectivity index (χ0n) is 8.56. The Morgan fingerprint density at radius 2 is 2.25 bits per heavy atom. The first-order valence-corrected chi connectivity index (χ1v) is 4.76. The standard InChI is InChI=1S/C10H12FNO4/c11-4-1-5-16-10-3-2-8(7-13)6-9(10)12(14)15/h2-3,6,13H,1,4-5,7H2. The van der Waals surface area contributed by atoms with E-state index in [1.54, 1.807) is 0 Å². The summed E-state index contributed by atoms with van der Waals surface area (Å²) in [5, 5.41) is 19.5. The van der Waals surface area contributed by atoms with Crippen molar-refractivity contribution in [1.82, 2.24) is 0 Å². The molecule has 0 spiro atoms. The van der Waals surface area contributed by atoms with Gasteiger partial charge in [0.15, 0.2) is 5.75 Å². The Hall–Kier alpha value is -1.69. The lowest BCUT2D eigenvalue weighted by Gasteiger charge is -2.06. The van der Waals surface area contributed by atoms with E-state index < -0.39 is 11.6 Å². The van der Waals surface area contributed by atoms with Crippen molar-refractivity contribution in [2.45, 2.75) is 13.0 Å². The number of aliphatic hydroxyl groups is 1. The van der Waals surface area contributed by atoms with Gasteiger partial charge in [-0.1, -0.05) is 6.07 Å². The van der Waals surface area contributed by atoms with Crippen LogP contribution in [0.5, 0.6) is 5.75 Å². The molecule has 16 heavy (non-hydrogen) atoms. The molecule has 0 amide bonds. The molecule has 1 aromatic carbocycles. The number of hydrogen-bond acceptors (Lipinski definition) is 4. The predicted octanol–water partition coefficient (Wildman–Crippen LogP) is 1.83. The molecule has 0 aliphatic rings. The average molecular weight is 229 g/mol. The minimum absolute atomic E-state index is 0.0931. The molecule has 0 bridgehead atoms. The van der Waals surface area contributed by atoms with Gasteiger partial charge in [-0.25, -0.2) is 0 Å². The molecule has 0 heterocycles. The van der Waals surface area contributed by atoms with Crippen molar-refractivity contribution < 1.29 is 19.2 Å². The number of nitro groups is 1. The van der Waals surface area contributed by atoms with Crippen LogP contribution in [0.4, 0.5) is 10.1 Å². The third-order valence-corrected chi connectivity index (χ3v) is 1.94. The molecule has 1 rings (SSSR count). The summed E-state index contributed by atoms with van der Waals surface area (Å²) in [5.74, 6) is 0.0932. The number of rotatable bonds is 6. The lowest BCUT2D eigenvalue weighted by Crippen LogP contribution is -2.02. The normalized spacial score (nSPS) is 10.1. The van der Waals surface area contributed by atoms with Gasteiger partial charge in [0, 0.05) is 12.5 Å². The highest BCUT2D eigenvalue weighted by Crippen LogP contribution is 2.28. The summed E-state index contributed by atoms with van der Waals surface area (Å²) >= 11 is 0. The van der Waals surface area contributed by atoms with Crippen molar-refractivity contribution in [3.8, 4) is 5.75 Å². The fourth-order valence-electron chi connectivity index (χ4n) is 1.16. The molecule has 5 nitrogen and oxygen atoms in total. The van der Waals surface area contributed by atoms with E-state index in [-0.39, 0.29) is 31.1 Å². The van der Waals surface area contributed by atoms with Gasteiger partial charge in [-0.3, -0.25) is 14.5 Å². The van der Waals surface area contributed by atoms with E-state index in [2.05, 4.69) is 0 Å². The summed E-state index contributed by atoms with van der Waals surface area (Å²) in [4.78, 5) is 10.1. The molecule has 0 aromatic heterocycles. The first-order chi connectivity index (χ1) is 7.69. The molecule has 0 fully saturated rings. The predicted molar refractivity (Wildman–Crippen MR) is 55.1 cm³/mol. The Morgan fingerprint density at radius 3 is 2.81 bits per heavy atom. The van der Waals surface area contributed by atoms with Crippen LogP contribution in [-0.4, -0.2) is 23.3 Å². The quantitative estimate of drug-likeness (QED) is 0.458. The minimum Gasteiger partial charge on any atom is -0.487 e. The second-order valence-corrected chi connectivity index (χ2v) is 3.11. The van der Waals surface area contributed by atoms with E-state index in [4.69, 9.17) is 9.84 Å². The highest BCUT2D eigenvalue weighted by atomic mass is 19.1. The maximum atomic E-state index is 11.8. The number of nitro benzene ring substituents is 1. The van der Waals surface area contributed by atoms with Crippen LogP contribution >= 0.6 is 0 Å². The number of alkyl halides is 1. The first kappa shape index (κ1) is 12.4. The second-order valence-electron chi connectivity index (χ2n) is 3.11. The van der Waals surface area contributed by atoms with Crippen molar-refractivity contribution >= 4 is 5.69 Å². The van der Waals surface area contributed by atoms with E-state index in [0.29, 0.717) is 5.56 Å². The fraction of sp³-hybridized carbons (Fsp3) is 0.400. The molecule has 0 unspecified atom stereocenters. The molecule has 0 aliphatic heterocycles. The lowest BCUT2D eigenvalue weighted by molar-refractivity contribution is -0.386. The van der Waals surface area contributed by atoms with Gasteiger partial charge in [0.1, 0.15) is 0 Å². The smallest absolute Gasteiger partial charge is 0.311 e. The first-order valence-electron chi connectivity index (χ1n) is 4.76. The molecule has 0 saturated carbocycles. The maximum absolute atomic E-state index is 11.8. The van der Waals surface area contributed by atoms with Crippen LogP contribution in [0.3, 0.4) is 0 Å². The zero-order chi connectivity index (χ0) is 12.0. The van der Waals surface area contributed by atoms with Crippen molar-refractivity contribution in [2.75, 3.05) is 13.3 Å². The van der Waals surface area contributed by atoms with Crippen LogP contribution < -0.4 is 4.74 Å². The zero-order valence-corrected chi connectivity index (χ0v) is 8.56.